The molecule has 0 saturated heterocycles. The van der Waals surface area contributed by atoms with E-state index in [-0.39, 0.29) is 0 Å². The second-order valence-electron chi connectivity index (χ2n) is 3.84. The molecule has 13 heavy (non-hydrogen) atoms. The Hall–Kier alpha value is 0.110. The van der Waals surface area contributed by atoms with E-state index in [0.29, 0.717) is 11.2 Å². The summed E-state index contributed by atoms with van der Waals surface area (Å²) in [5.41, 5.74) is 5.72. The molecule has 1 saturated carbocycles. The van der Waals surface area contributed by atoms with Gasteiger partial charge in [-0.15, -0.1) is 0 Å². The highest BCUT2D eigenvalue weighted by molar-refractivity contribution is 7.85. The molecule has 0 bridgehead atoms. The molecule has 1 fully saturated rings. The van der Waals surface area contributed by atoms with E-state index < -0.39 is 10.8 Å². The van der Waals surface area contributed by atoms with Crippen molar-refractivity contribution in [2.75, 3.05) is 12.3 Å². The quantitative estimate of drug-likeness (QED) is 0.709. The molecule has 0 aromatic rings. The van der Waals surface area contributed by atoms with Crippen LogP contribution in [-0.4, -0.2) is 21.8 Å². The van der Waals surface area contributed by atoms with E-state index in [4.69, 9.17) is 5.73 Å². The molecule has 0 spiro atoms. The molecule has 0 aromatic heterocycles. The maximum Gasteiger partial charge on any atom is 0.0388 e. The first kappa shape index (κ1) is 11.2. The Bertz CT molecular complexity index is 172. The van der Waals surface area contributed by atoms with Crippen LogP contribution in [0.4, 0.5) is 0 Å². The molecule has 3 atom stereocenters. The summed E-state index contributed by atoms with van der Waals surface area (Å²) in [6, 6.07) is 0. The van der Waals surface area contributed by atoms with E-state index in [9.17, 15) is 4.21 Å². The van der Waals surface area contributed by atoms with Crippen LogP contribution in [0.25, 0.3) is 0 Å². The molecular formula is C10H21NOS. The molecule has 0 amide bonds. The average molecular weight is 203 g/mol. The Morgan fingerprint density at radius 3 is 2.62 bits per heavy atom. The average Bonchev–Trinajstić information content (AvgIpc) is 2.41. The minimum Gasteiger partial charge on any atom is -0.330 e. The molecule has 2 nitrogen and oxygen atoms in total. The van der Waals surface area contributed by atoms with Crippen molar-refractivity contribution in [2.45, 2.75) is 44.3 Å². The molecule has 2 N–H and O–H groups in total. The van der Waals surface area contributed by atoms with Crippen molar-refractivity contribution in [2.24, 2.45) is 11.7 Å². The summed E-state index contributed by atoms with van der Waals surface area (Å²) in [5, 5.41) is 0.387. The third kappa shape index (κ3) is 3.06. The van der Waals surface area contributed by atoms with Gasteiger partial charge in [-0.3, -0.25) is 4.21 Å². The Kier molecular flexibility index (Phi) is 4.96. The lowest BCUT2D eigenvalue weighted by Crippen LogP contribution is -2.31. The number of rotatable bonds is 3. The Balaban J connectivity index is 2.58. The van der Waals surface area contributed by atoms with Crippen molar-refractivity contribution in [3.8, 4) is 0 Å². The highest BCUT2D eigenvalue weighted by atomic mass is 32.2. The van der Waals surface area contributed by atoms with E-state index in [1.54, 1.807) is 0 Å². The standard InChI is InChI=1S/C10H21NOS/c1-2-13(12)10-7-5-3-4-6-9(10)8-11/h9-10H,2-8,11H2,1H3. The van der Waals surface area contributed by atoms with Crippen LogP contribution in [0.3, 0.4) is 0 Å². The normalized spacial score (nSPS) is 32.5. The molecule has 0 aromatic carbocycles. The third-order valence-corrected chi connectivity index (χ3v) is 4.88. The van der Waals surface area contributed by atoms with Gasteiger partial charge >= 0.3 is 0 Å². The zero-order valence-corrected chi connectivity index (χ0v) is 9.31. The van der Waals surface area contributed by atoms with Gasteiger partial charge in [-0.25, -0.2) is 0 Å². The minimum absolute atomic E-state index is 0.387. The summed E-state index contributed by atoms with van der Waals surface area (Å²) in [6.45, 7) is 2.73. The van der Waals surface area contributed by atoms with Gasteiger partial charge in [0.1, 0.15) is 0 Å². The maximum atomic E-state index is 11.7. The third-order valence-electron chi connectivity index (χ3n) is 3.01. The van der Waals surface area contributed by atoms with Crippen LogP contribution in [0, 0.1) is 5.92 Å². The maximum absolute atomic E-state index is 11.7. The molecule has 3 unspecified atom stereocenters. The van der Waals surface area contributed by atoms with E-state index in [0.717, 1.165) is 18.7 Å². The van der Waals surface area contributed by atoms with Gasteiger partial charge in [0.05, 0.1) is 0 Å². The van der Waals surface area contributed by atoms with E-state index in [2.05, 4.69) is 0 Å². The smallest absolute Gasteiger partial charge is 0.0388 e. The first-order valence-corrected chi connectivity index (χ1v) is 6.75. The van der Waals surface area contributed by atoms with Gasteiger partial charge in [-0.1, -0.05) is 26.2 Å². The van der Waals surface area contributed by atoms with Crippen molar-refractivity contribution in [1.82, 2.24) is 0 Å². The zero-order chi connectivity index (χ0) is 9.68. The Morgan fingerprint density at radius 1 is 1.31 bits per heavy atom. The highest BCUT2D eigenvalue weighted by Crippen LogP contribution is 2.26. The van der Waals surface area contributed by atoms with Gasteiger partial charge < -0.3 is 5.73 Å². The monoisotopic (exact) mass is 203 g/mol. The van der Waals surface area contributed by atoms with Crippen LogP contribution in [0.2, 0.25) is 0 Å². The highest BCUT2D eigenvalue weighted by Gasteiger charge is 2.26. The molecule has 1 rings (SSSR count). The van der Waals surface area contributed by atoms with E-state index in [1.807, 2.05) is 6.92 Å². The lowest BCUT2D eigenvalue weighted by molar-refractivity contribution is 0.474. The Labute approximate surface area is 83.7 Å². The summed E-state index contributed by atoms with van der Waals surface area (Å²) in [5.74, 6) is 1.31. The Morgan fingerprint density at radius 2 is 2.00 bits per heavy atom. The first-order chi connectivity index (χ1) is 6.29. The number of nitrogens with two attached hydrogens (primary N) is 1. The summed E-state index contributed by atoms with van der Waals surface area (Å²) in [4.78, 5) is 0. The summed E-state index contributed by atoms with van der Waals surface area (Å²) in [7, 11) is -0.634. The van der Waals surface area contributed by atoms with Crippen molar-refractivity contribution >= 4 is 10.8 Å². The van der Waals surface area contributed by atoms with Gasteiger partial charge in [-0.2, -0.15) is 0 Å². The van der Waals surface area contributed by atoms with Crippen molar-refractivity contribution < 1.29 is 4.21 Å². The molecule has 1 aliphatic carbocycles. The van der Waals surface area contributed by atoms with Crippen LogP contribution in [-0.2, 0) is 10.8 Å². The predicted molar refractivity (Wildman–Crippen MR) is 58.1 cm³/mol. The second kappa shape index (κ2) is 5.76. The van der Waals surface area contributed by atoms with Crippen molar-refractivity contribution in [3.05, 3.63) is 0 Å². The second-order valence-corrected chi connectivity index (χ2v) is 5.79. The van der Waals surface area contributed by atoms with Crippen LogP contribution in [0.15, 0.2) is 0 Å². The predicted octanol–water partition coefficient (Wildman–Crippen LogP) is 1.66. The lowest BCUT2D eigenvalue weighted by Gasteiger charge is -2.22. The van der Waals surface area contributed by atoms with E-state index >= 15 is 0 Å². The van der Waals surface area contributed by atoms with Crippen LogP contribution >= 0.6 is 0 Å². The molecule has 0 aliphatic heterocycles. The molecule has 78 valence electrons. The van der Waals surface area contributed by atoms with Crippen molar-refractivity contribution in [3.63, 3.8) is 0 Å². The number of hydrogen-bond acceptors (Lipinski definition) is 2. The van der Waals surface area contributed by atoms with Gasteiger partial charge in [0, 0.05) is 21.8 Å². The van der Waals surface area contributed by atoms with Gasteiger partial charge in [-0.05, 0) is 25.3 Å². The van der Waals surface area contributed by atoms with Crippen molar-refractivity contribution in [1.29, 1.82) is 0 Å². The molecule has 3 heteroatoms. The SMILES string of the molecule is CCS(=O)C1CCCCCC1CN. The zero-order valence-electron chi connectivity index (χ0n) is 8.50. The van der Waals surface area contributed by atoms with Crippen LogP contribution < -0.4 is 5.73 Å². The van der Waals surface area contributed by atoms with Gasteiger partial charge in [0.2, 0.25) is 0 Å². The summed E-state index contributed by atoms with van der Waals surface area (Å²) in [6.07, 6.45) is 6.13. The van der Waals surface area contributed by atoms with Gasteiger partial charge in [0.25, 0.3) is 0 Å². The molecule has 0 heterocycles. The fourth-order valence-corrected chi connectivity index (χ4v) is 3.71. The summed E-state index contributed by atoms with van der Waals surface area (Å²) >= 11 is 0. The first-order valence-electron chi connectivity index (χ1n) is 5.36. The lowest BCUT2D eigenvalue weighted by atomic mass is 10.0. The summed E-state index contributed by atoms with van der Waals surface area (Å²) < 4.78 is 11.7. The van der Waals surface area contributed by atoms with Crippen LogP contribution in [0.1, 0.15) is 39.0 Å². The molecular weight excluding hydrogens is 182 g/mol. The fraction of sp³-hybridized carbons (Fsp3) is 1.00. The topological polar surface area (TPSA) is 43.1 Å². The largest absolute Gasteiger partial charge is 0.330 e. The van der Waals surface area contributed by atoms with Gasteiger partial charge in [0.15, 0.2) is 0 Å². The fourth-order valence-electron chi connectivity index (χ4n) is 2.18. The van der Waals surface area contributed by atoms with E-state index in [1.165, 1.54) is 25.7 Å². The minimum atomic E-state index is -0.634. The number of hydrogen-bond donors (Lipinski definition) is 1. The van der Waals surface area contributed by atoms with Crippen LogP contribution in [0.5, 0.6) is 0 Å². The molecule has 0 radical (unpaired) electrons. The molecule has 1 aliphatic rings.